The molecule has 0 spiro atoms. The van der Waals surface area contributed by atoms with Crippen molar-refractivity contribution in [2.24, 2.45) is 11.8 Å². The number of hydrogen-bond acceptors (Lipinski definition) is 6. The molecular formula is C24H36ClN5O2S. The monoisotopic (exact) mass is 493 g/mol. The van der Waals surface area contributed by atoms with Crippen LogP contribution >= 0.6 is 23.4 Å². The lowest BCUT2D eigenvalue weighted by molar-refractivity contribution is -0.139. The molecule has 0 aromatic carbocycles. The molecule has 1 aromatic heterocycles. The van der Waals surface area contributed by atoms with E-state index in [9.17, 15) is 9.59 Å². The molecule has 0 bridgehead atoms. The first-order chi connectivity index (χ1) is 15.9. The normalized spacial score (nSPS) is 23.1. The Kier molecular flexibility index (Phi) is 8.38. The van der Waals surface area contributed by atoms with E-state index in [1.807, 2.05) is 4.90 Å². The summed E-state index contributed by atoms with van der Waals surface area (Å²) in [6.07, 6.45) is 7.80. The molecule has 1 aromatic rings. The number of likely N-dealkylation sites (tertiary alicyclic amines) is 1. The van der Waals surface area contributed by atoms with Gasteiger partial charge in [-0.1, -0.05) is 49.5 Å². The lowest BCUT2D eigenvalue weighted by atomic mass is 9.88. The van der Waals surface area contributed by atoms with Crippen LogP contribution < -0.4 is 4.90 Å². The van der Waals surface area contributed by atoms with Gasteiger partial charge in [0.15, 0.2) is 5.16 Å². The summed E-state index contributed by atoms with van der Waals surface area (Å²) in [5.74, 6) is 2.46. The first-order valence-corrected chi connectivity index (χ1v) is 13.8. The van der Waals surface area contributed by atoms with Crippen molar-refractivity contribution < 1.29 is 9.59 Å². The number of anilines is 1. The number of piperidine rings is 1. The molecule has 182 valence electrons. The minimum atomic E-state index is 0.126. The molecule has 3 aliphatic rings. The van der Waals surface area contributed by atoms with Crippen LogP contribution in [-0.2, 0) is 9.59 Å². The van der Waals surface area contributed by atoms with Crippen molar-refractivity contribution in [1.29, 1.82) is 0 Å². The lowest BCUT2D eigenvalue weighted by Gasteiger charge is -2.42. The predicted molar refractivity (Wildman–Crippen MR) is 133 cm³/mol. The highest BCUT2D eigenvalue weighted by Gasteiger charge is 2.33. The highest BCUT2D eigenvalue weighted by atomic mass is 35.5. The van der Waals surface area contributed by atoms with E-state index in [-0.39, 0.29) is 17.9 Å². The largest absolute Gasteiger partial charge is 0.353 e. The van der Waals surface area contributed by atoms with Crippen molar-refractivity contribution in [3.8, 4) is 0 Å². The molecule has 1 atom stereocenters. The Labute approximate surface area is 206 Å². The number of amides is 2. The summed E-state index contributed by atoms with van der Waals surface area (Å²) < 4.78 is 0. The van der Waals surface area contributed by atoms with E-state index in [4.69, 9.17) is 16.6 Å². The average molecular weight is 494 g/mol. The van der Waals surface area contributed by atoms with Gasteiger partial charge in [-0.05, 0) is 38.5 Å². The fourth-order valence-corrected chi connectivity index (χ4v) is 6.15. The van der Waals surface area contributed by atoms with Gasteiger partial charge in [0, 0.05) is 50.7 Å². The Bertz CT molecular complexity index is 842. The topological polar surface area (TPSA) is 69.6 Å². The molecule has 2 amide bonds. The summed E-state index contributed by atoms with van der Waals surface area (Å²) in [5.41, 5.74) is 0. The van der Waals surface area contributed by atoms with Crippen LogP contribution in [0.25, 0.3) is 0 Å². The van der Waals surface area contributed by atoms with Crippen LogP contribution in [0.1, 0.15) is 58.8 Å². The maximum Gasteiger partial charge on any atom is 0.233 e. The number of hydrogen-bond donors (Lipinski definition) is 0. The zero-order chi connectivity index (χ0) is 23.4. The molecule has 0 N–H and O–H groups in total. The van der Waals surface area contributed by atoms with Gasteiger partial charge in [0.25, 0.3) is 0 Å². The van der Waals surface area contributed by atoms with Crippen molar-refractivity contribution in [3.63, 3.8) is 0 Å². The van der Waals surface area contributed by atoms with Crippen molar-refractivity contribution >= 4 is 41.0 Å². The van der Waals surface area contributed by atoms with Gasteiger partial charge in [0.2, 0.25) is 11.8 Å². The van der Waals surface area contributed by atoms with E-state index in [2.05, 4.69) is 28.6 Å². The summed E-state index contributed by atoms with van der Waals surface area (Å²) in [6, 6.07) is 1.91. The minimum Gasteiger partial charge on any atom is -0.353 e. The third-order valence-corrected chi connectivity index (χ3v) is 8.34. The second-order valence-electron chi connectivity index (χ2n) is 9.85. The molecule has 1 saturated carbocycles. The number of carbonyl (C=O) groups is 2. The Morgan fingerprint density at radius 2 is 1.76 bits per heavy atom. The molecule has 4 rings (SSSR count). The van der Waals surface area contributed by atoms with E-state index in [1.165, 1.54) is 31.0 Å². The fourth-order valence-electron chi connectivity index (χ4n) is 5.16. The maximum atomic E-state index is 13.0. The second-order valence-corrected chi connectivity index (χ2v) is 11.2. The molecule has 0 radical (unpaired) electrons. The molecule has 9 heteroatoms. The molecule has 3 fully saturated rings. The highest BCUT2D eigenvalue weighted by molar-refractivity contribution is 7.99. The Morgan fingerprint density at radius 1 is 1.03 bits per heavy atom. The van der Waals surface area contributed by atoms with Gasteiger partial charge in [-0.25, -0.2) is 9.97 Å². The van der Waals surface area contributed by atoms with Gasteiger partial charge in [0.1, 0.15) is 11.0 Å². The molecular weight excluding hydrogens is 458 g/mol. The Morgan fingerprint density at radius 3 is 2.45 bits per heavy atom. The number of thioether (sulfide) groups is 1. The Balaban J connectivity index is 1.33. The van der Waals surface area contributed by atoms with Gasteiger partial charge in [-0.2, -0.15) is 0 Å². The number of rotatable bonds is 5. The third kappa shape index (κ3) is 6.32. The molecule has 1 aliphatic carbocycles. The number of carbonyl (C=O) groups excluding carboxylic acids is 2. The maximum absolute atomic E-state index is 13.0. The number of halogens is 1. The standard InChI is InChI=1S/C24H36ClN5O2S/c1-17-8-10-28(11-9-17)22(31)16-33-24-26-20(25)14-21(27-24)29-12-13-30(18(2)15-29)23(32)19-6-4-3-5-7-19/h14,17-19H,3-13,15-16H2,1-2H3. The van der Waals surface area contributed by atoms with E-state index < -0.39 is 0 Å². The van der Waals surface area contributed by atoms with Crippen molar-refractivity contribution in [3.05, 3.63) is 11.2 Å². The van der Waals surface area contributed by atoms with Gasteiger partial charge >= 0.3 is 0 Å². The summed E-state index contributed by atoms with van der Waals surface area (Å²) in [4.78, 5) is 40.8. The molecule has 1 unspecified atom stereocenters. The van der Waals surface area contributed by atoms with Gasteiger partial charge < -0.3 is 14.7 Å². The Hall–Kier alpha value is -1.54. The molecule has 3 heterocycles. The van der Waals surface area contributed by atoms with Crippen LogP contribution in [0.5, 0.6) is 0 Å². The predicted octanol–water partition coefficient (Wildman–Crippen LogP) is 4.10. The van der Waals surface area contributed by atoms with E-state index in [1.54, 1.807) is 6.07 Å². The molecule has 2 aliphatic heterocycles. The van der Waals surface area contributed by atoms with Crippen LogP contribution in [0, 0.1) is 11.8 Å². The lowest BCUT2D eigenvalue weighted by Crippen LogP contribution is -2.55. The van der Waals surface area contributed by atoms with Gasteiger partial charge in [-0.3, -0.25) is 9.59 Å². The summed E-state index contributed by atoms with van der Waals surface area (Å²) in [5, 5.41) is 0.916. The van der Waals surface area contributed by atoms with E-state index >= 15 is 0 Å². The fraction of sp³-hybridized carbons (Fsp3) is 0.750. The van der Waals surface area contributed by atoms with E-state index in [0.717, 1.165) is 57.7 Å². The summed E-state index contributed by atoms with van der Waals surface area (Å²) in [7, 11) is 0. The van der Waals surface area contributed by atoms with Gasteiger partial charge in [0.05, 0.1) is 5.75 Å². The zero-order valence-corrected chi connectivity index (χ0v) is 21.4. The first-order valence-electron chi connectivity index (χ1n) is 12.4. The van der Waals surface area contributed by atoms with E-state index in [0.29, 0.717) is 34.4 Å². The quantitative estimate of drug-likeness (QED) is 0.349. The summed E-state index contributed by atoms with van der Waals surface area (Å²) >= 11 is 7.67. The second kappa shape index (κ2) is 11.3. The third-order valence-electron chi connectivity index (χ3n) is 7.31. The highest BCUT2D eigenvalue weighted by Crippen LogP contribution is 2.29. The molecule has 33 heavy (non-hydrogen) atoms. The average Bonchev–Trinajstić information content (AvgIpc) is 2.82. The van der Waals surface area contributed by atoms with Crippen LogP contribution in [0.2, 0.25) is 5.15 Å². The summed E-state index contributed by atoms with van der Waals surface area (Å²) in [6.45, 7) is 8.18. The minimum absolute atomic E-state index is 0.126. The first kappa shape index (κ1) is 24.6. The van der Waals surface area contributed by atoms with Crippen LogP contribution in [0.3, 0.4) is 0 Å². The zero-order valence-electron chi connectivity index (χ0n) is 19.8. The van der Waals surface area contributed by atoms with Crippen molar-refractivity contribution in [2.75, 3.05) is 43.4 Å². The smallest absolute Gasteiger partial charge is 0.233 e. The number of aromatic nitrogens is 2. The van der Waals surface area contributed by atoms with Crippen molar-refractivity contribution in [1.82, 2.24) is 19.8 Å². The van der Waals surface area contributed by atoms with Crippen LogP contribution in [0.4, 0.5) is 5.82 Å². The van der Waals surface area contributed by atoms with Crippen LogP contribution in [-0.4, -0.2) is 76.1 Å². The number of piperazine rings is 1. The van der Waals surface area contributed by atoms with Crippen molar-refractivity contribution in [2.45, 2.75) is 70.0 Å². The SMILES string of the molecule is CC1CCN(C(=O)CSc2nc(Cl)cc(N3CCN(C(=O)C4CCCCC4)C(C)C3)n2)CC1. The number of nitrogens with zero attached hydrogens (tertiary/aromatic N) is 5. The molecule has 7 nitrogen and oxygen atoms in total. The molecule has 2 saturated heterocycles. The van der Waals surface area contributed by atoms with Gasteiger partial charge in [-0.15, -0.1) is 0 Å². The van der Waals surface area contributed by atoms with Crippen LogP contribution in [0.15, 0.2) is 11.2 Å².